The molecule has 0 atom stereocenters. The van der Waals surface area contributed by atoms with Gasteiger partial charge in [0.25, 0.3) is 0 Å². The van der Waals surface area contributed by atoms with E-state index in [0.717, 1.165) is 49.4 Å². The van der Waals surface area contributed by atoms with Crippen LogP contribution >= 0.6 is 0 Å². The predicted octanol–water partition coefficient (Wildman–Crippen LogP) is -0.526. The third-order valence-corrected chi connectivity index (χ3v) is 11.2. The Hall–Kier alpha value is -6.20. The molecule has 10 aromatic rings. The van der Waals surface area contributed by atoms with Crippen molar-refractivity contribution in [2.24, 2.45) is 0 Å². The summed E-state index contributed by atoms with van der Waals surface area (Å²) in [6.07, 6.45) is 0. The molecule has 0 aliphatic carbocycles. The zero-order valence-corrected chi connectivity index (χ0v) is 31.9. The van der Waals surface area contributed by atoms with Crippen molar-refractivity contribution in [3.63, 3.8) is 0 Å². The Labute approximate surface area is 359 Å². The number of benzene rings is 7. The number of furan rings is 1. The van der Waals surface area contributed by atoms with Crippen molar-refractivity contribution >= 4 is 177 Å². The van der Waals surface area contributed by atoms with Crippen molar-refractivity contribution in [1.29, 1.82) is 0 Å². The molecule has 0 spiro atoms. The second-order valence-corrected chi connectivity index (χ2v) is 14.6. The minimum atomic E-state index is 0.0111. The van der Waals surface area contributed by atoms with Gasteiger partial charge in [-0.2, -0.15) is 0 Å². The maximum absolute atomic E-state index is 6.52. The van der Waals surface area contributed by atoms with Crippen LogP contribution in [0.25, 0.3) is 94.7 Å². The normalized spacial score (nSPS) is 11.7. The summed E-state index contributed by atoms with van der Waals surface area (Å²) >= 11 is 0. The molecule has 3 heterocycles. The Morgan fingerprint density at radius 1 is 0.383 bits per heavy atom. The van der Waals surface area contributed by atoms with E-state index >= 15 is 0 Å². The van der Waals surface area contributed by atoms with E-state index < -0.39 is 0 Å². The third-order valence-electron chi connectivity index (χ3n) is 11.2. The molecule has 0 saturated carbocycles. The third kappa shape index (κ3) is 5.73. The van der Waals surface area contributed by atoms with E-state index in [0.29, 0.717) is 16.7 Å². The quantitative estimate of drug-likeness (QED) is 0.223. The second-order valence-electron chi connectivity index (χ2n) is 14.6. The minimum Gasteiger partial charge on any atom is -0.456 e. The van der Waals surface area contributed by atoms with Crippen LogP contribution in [-0.2, 0) is 0 Å². The topological polar surface area (TPSA) is 56.7 Å². The fraction of sp³-hybridized carbons (Fsp3) is 0. The Morgan fingerprint density at radius 2 is 0.900 bits per heavy atom. The van der Waals surface area contributed by atoms with E-state index in [1.165, 1.54) is 0 Å². The summed E-state index contributed by atoms with van der Waals surface area (Å²) in [7, 11) is 63.5. The standard InChI is InChI=1S/C45H18B10N4O/c46-33-31(34(47)38(51)41(54)37(33)50)44-56-43(57-45(58-44)32-35(48)39(52)42(55)40(53)36(32)49)20-14-16-28-25(18-20)30-22(10-6-12-29(30)60-28)19-13-15-27-24(17-19)23-9-4-5-11-26(23)59(27)21-7-2-1-3-8-21/h1-18H. The molecule has 0 unspecified atom stereocenters. The molecule has 60 heavy (non-hydrogen) atoms. The molecule has 0 aliphatic heterocycles. The van der Waals surface area contributed by atoms with Crippen molar-refractivity contribution in [3.05, 3.63) is 109 Å². The summed E-state index contributed by atoms with van der Waals surface area (Å²) in [5.41, 5.74) is 7.68. The Kier molecular flexibility index (Phi) is 9.02. The van der Waals surface area contributed by atoms with E-state index in [1.807, 2.05) is 48.5 Å². The molecule has 254 valence electrons. The first-order valence-corrected chi connectivity index (χ1v) is 18.8. The highest BCUT2D eigenvalue weighted by atomic mass is 16.3. The van der Waals surface area contributed by atoms with Gasteiger partial charge in [0.2, 0.25) is 0 Å². The number of hydrogen-bond donors (Lipinski definition) is 0. The fourth-order valence-corrected chi connectivity index (χ4v) is 8.11. The van der Waals surface area contributed by atoms with E-state index in [9.17, 15) is 0 Å². The Morgan fingerprint density at radius 3 is 1.53 bits per heavy atom. The maximum Gasteiger partial charge on any atom is 0.164 e. The predicted molar refractivity (Wildman–Crippen MR) is 257 cm³/mol. The maximum atomic E-state index is 6.52. The highest BCUT2D eigenvalue weighted by molar-refractivity contribution is 6.70. The van der Waals surface area contributed by atoms with Gasteiger partial charge in [0, 0.05) is 43.9 Å². The SMILES string of the molecule is [B]c1c([B])c([B])c(-c2nc(-c3ccc4oc5cccc(-c6ccc7c(c6)c6ccccc6n7-c6ccccc6)c5c4c3)nc(-c3c([B])c([B])c([B])c([B])c3[B])n2)c([B])c1[B]. The second kappa shape index (κ2) is 14.2. The average molecular weight is 739 g/mol. The smallest absolute Gasteiger partial charge is 0.164 e. The molecule has 5 nitrogen and oxygen atoms in total. The zero-order chi connectivity index (χ0) is 41.7. The molecular formula is C45H18B10N4O. The van der Waals surface area contributed by atoms with Crippen LogP contribution in [0, 0.1) is 0 Å². The fourth-order valence-electron chi connectivity index (χ4n) is 8.11. The molecule has 0 aliphatic rings. The Bertz CT molecular complexity index is 3310. The van der Waals surface area contributed by atoms with Crippen LogP contribution in [0.4, 0.5) is 0 Å². The number of rotatable bonds is 5. The van der Waals surface area contributed by atoms with E-state index in [-0.39, 0.29) is 83.2 Å². The molecule has 15 heteroatoms. The van der Waals surface area contributed by atoms with Gasteiger partial charge in [0.05, 0.1) is 11.0 Å². The van der Waals surface area contributed by atoms with Gasteiger partial charge in [-0.25, -0.2) is 15.0 Å². The summed E-state index contributed by atoms with van der Waals surface area (Å²) < 4.78 is 8.73. The molecule has 3 aromatic heterocycles. The van der Waals surface area contributed by atoms with Gasteiger partial charge in [0.1, 0.15) is 89.6 Å². The van der Waals surface area contributed by atoms with Crippen LogP contribution in [0.3, 0.4) is 0 Å². The first kappa shape index (κ1) is 38.0. The molecule has 7 aromatic carbocycles. The highest BCUT2D eigenvalue weighted by Gasteiger charge is 2.22. The van der Waals surface area contributed by atoms with Crippen LogP contribution in [0.1, 0.15) is 0 Å². The highest BCUT2D eigenvalue weighted by Crippen LogP contribution is 2.41. The van der Waals surface area contributed by atoms with Crippen molar-refractivity contribution in [2.45, 2.75) is 0 Å². The first-order valence-electron chi connectivity index (χ1n) is 18.8. The lowest BCUT2D eigenvalue weighted by Gasteiger charge is -2.22. The van der Waals surface area contributed by atoms with Gasteiger partial charge in [-0.15, -0.1) is 32.8 Å². The van der Waals surface area contributed by atoms with Gasteiger partial charge in [-0.3, -0.25) is 0 Å². The van der Waals surface area contributed by atoms with E-state index in [2.05, 4.69) is 65.2 Å². The summed E-state index contributed by atoms with van der Waals surface area (Å²) in [6.45, 7) is 0. The molecule has 0 bridgehead atoms. The zero-order valence-electron chi connectivity index (χ0n) is 31.9. The van der Waals surface area contributed by atoms with Gasteiger partial charge in [-0.05, 0) is 65.7 Å². The van der Waals surface area contributed by atoms with Gasteiger partial charge >= 0.3 is 0 Å². The van der Waals surface area contributed by atoms with E-state index in [4.69, 9.17) is 97.8 Å². The minimum absolute atomic E-state index is 0.0111. The van der Waals surface area contributed by atoms with Crippen LogP contribution in [0.5, 0.6) is 0 Å². The summed E-state index contributed by atoms with van der Waals surface area (Å²) in [5, 5.41) is 3.97. The van der Waals surface area contributed by atoms with Gasteiger partial charge in [-0.1, -0.05) is 76.4 Å². The first-order chi connectivity index (χ1) is 28.9. The molecular weight excluding hydrogens is 721 g/mol. The Balaban J connectivity index is 1.20. The molecule has 0 fully saturated rings. The number of aromatic nitrogens is 4. The number of para-hydroxylation sites is 2. The van der Waals surface area contributed by atoms with Crippen molar-refractivity contribution in [1.82, 2.24) is 19.5 Å². The van der Waals surface area contributed by atoms with Crippen molar-refractivity contribution < 1.29 is 4.42 Å². The molecule has 20 radical (unpaired) electrons. The van der Waals surface area contributed by atoms with E-state index in [1.54, 1.807) is 0 Å². The summed E-state index contributed by atoms with van der Waals surface area (Å²) in [4.78, 5) is 14.4. The van der Waals surface area contributed by atoms with Crippen molar-refractivity contribution in [3.8, 4) is 51.0 Å². The van der Waals surface area contributed by atoms with Crippen LogP contribution in [-0.4, -0.2) is 98.0 Å². The van der Waals surface area contributed by atoms with Crippen molar-refractivity contribution in [2.75, 3.05) is 0 Å². The van der Waals surface area contributed by atoms with Crippen LogP contribution in [0.15, 0.2) is 114 Å². The molecule has 10 rings (SSSR count). The van der Waals surface area contributed by atoms with Crippen LogP contribution < -0.4 is 54.6 Å². The van der Waals surface area contributed by atoms with Crippen LogP contribution in [0.2, 0.25) is 0 Å². The molecule has 0 saturated heterocycles. The summed E-state index contributed by atoms with van der Waals surface area (Å²) in [5.74, 6) is 0.216. The lowest BCUT2D eigenvalue weighted by atomic mass is 9.60. The molecule has 0 N–H and O–H groups in total. The lowest BCUT2D eigenvalue weighted by Crippen LogP contribution is -2.55. The number of nitrogens with zero attached hydrogens (tertiary/aromatic N) is 4. The summed E-state index contributed by atoms with van der Waals surface area (Å²) in [6, 6.07) is 37.0. The largest absolute Gasteiger partial charge is 0.456 e. The van der Waals surface area contributed by atoms with Gasteiger partial charge < -0.3 is 8.98 Å². The lowest BCUT2D eigenvalue weighted by molar-refractivity contribution is 0.669. The number of hydrogen-bond acceptors (Lipinski definition) is 4. The number of fused-ring (bicyclic) bond motifs is 6. The monoisotopic (exact) mass is 740 g/mol. The molecule has 0 amide bonds. The average Bonchev–Trinajstić information content (AvgIpc) is 3.82. The van der Waals surface area contributed by atoms with Gasteiger partial charge in [0.15, 0.2) is 17.5 Å².